The van der Waals surface area contributed by atoms with Crippen LogP contribution in [0.1, 0.15) is 29.8 Å². The van der Waals surface area contributed by atoms with E-state index in [0.717, 1.165) is 43.9 Å². The Morgan fingerprint density at radius 2 is 2.04 bits per heavy atom. The normalized spacial score (nSPS) is 30.5. The van der Waals surface area contributed by atoms with E-state index in [4.69, 9.17) is 4.74 Å². The maximum Gasteiger partial charge on any atom is 0.275 e. The van der Waals surface area contributed by atoms with Crippen LogP contribution in [0.4, 0.5) is 0 Å². The smallest absolute Gasteiger partial charge is 0.275 e. The summed E-state index contributed by atoms with van der Waals surface area (Å²) in [6.07, 6.45) is 3.04. The molecule has 3 aliphatic rings. The van der Waals surface area contributed by atoms with E-state index in [1.54, 1.807) is 10.3 Å². The topological polar surface area (TPSA) is 75.6 Å². The predicted molar refractivity (Wildman–Crippen MR) is 83.0 cm³/mol. The van der Waals surface area contributed by atoms with Crippen LogP contribution in [0.3, 0.4) is 0 Å². The molecule has 0 saturated carbocycles. The largest absolute Gasteiger partial charge is 0.376 e. The standard InChI is InChI=1S/C15H20N4O3S/c20-14(18-4-1-2-5-18)11-7-19(8-13-10(11)3-6-22-13)15(21)12-9-23-17-16-12/h9-11,13H,1-8H2/t10-,11+,13+/m0/s1. The van der Waals surface area contributed by atoms with E-state index in [9.17, 15) is 9.59 Å². The molecule has 1 aromatic heterocycles. The molecule has 0 unspecified atom stereocenters. The summed E-state index contributed by atoms with van der Waals surface area (Å²) in [5, 5.41) is 5.52. The Morgan fingerprint density at radius 1 is 1.22 bits per heavy atom. The molecule has 1 aromatic rings. The molecule has 0 radical (unpaired) electrons. The van der Waals surface area contributed by atoms with Crippen LogP contribution in [0.5, 0.6) is 0 Å². The number of carbonyl (C=O) groups excluding carboxylic acids is 2. The minimum absolute atomic E-state index is 0.0316. The van der Waals surface area contributed by atoms with Gasteiger partial charge in [0.2, 0.25) is 5.91 Å². The highest BCUT2D eigenvalue weighted by molar-refractivity contribution is 7.03. The average Bonchev–Trinajstić information content (AvgIpc) is 3.34. The summed E-state index contributed by atoms with van der Waals surface area (Å²) < 4.78 is 9.56. The molecule has 4 heterocycles. The van der Waals surface area contributed by atoms with Crippen molar-refractivity contribution in [2.75, 3.05) is 32.8 Å². The van der Waals surface area contributed by atoms with Crippen LogP contribution in [-0.2, 0) is 9.53 Å². The molecule has 23 heavy (non-hydrogen) atoms. The van der Waals surface area contributed by atoms with Crippen molar-refractivity contribution in [3.8, 4) is 0 Å². The summed E-state index contributed by atoms with van der Waals surface area (Å²) in [7, 11) is 0. The molecule has 0 aliphatic carbocycles. The van der Waals surface area contributed by atoms with Gasteiger partial charge in [0, 0.05) is 44.1 Å². The van der Waals surface area contributed by atoms with E-state index < -0.39 is 0 Å². The van der Waals surface area contributed by atoms with Crippen LogP contribution in [0, 0.1) is 11.8 Å². The fraction of sp³-hybridized carbons (Fsp3) is 0.733. The first kappa shape index (κ1) is 15.0. The van der Waals surface area contributed by atoms with Gasteiger partial charge in [-0.3, -0.25) is 9.59 Å². The van der Waals surface area contributed by atoms with Gasteiger partial charge in [-0.15, -0.1) is 5.10 Å². The molecule has 0 spiro atoms. The quantitative estimate of drug-likeness (QED) is 0.792. The highest BCUT2D eigenvalue weighted by Gasteiger charge is 2.46. The average molecular weight is 336 g/mol. The number of rotatable bonds is 2. The zero-order valence-electron chi connectivity index (χ0n) is 12.9. The Morgan fingerprint density at radius 3 is 2.78 bits per heavy atom. The highest BCUT2D eigenvalue weighted by atomic mass is 32.1. The lowest BCUT2D eigenvalue weighted by Crippen LogP contribution is -2.54. The number of aromatic nitrogens is 2. The number of hydrogen-bond donors (Lipinski definition) is 0. The van der Waals surface area contributed by atoms with Gasteiger partial charge in [-0.25, -0.2) is 0 Å². The molecular formula is C15H20N4O3S. The summed E-state index contributed by atoms with van der Waals surface area (Å²) in [5.41, 5.74) is 0.360. The first-order valence-electron chi connectivity index (χ1n) is 8.21. The minimum Gasteiger partial charge on any atom is -0.376 e. The van der Waals surface area contributed by atoms with E-state index in [2.05, 4.69) is 9.59 Å². The molecule has 3 aliphatic heterocycles. The first-order chi connectivity index (χ1) is 11.2. The second-order valence-electron chi connectivity index (χ2n) is 6.50. The van der Waals surface area contributed by atoms with E-state index in [1.165, 1.54) is 0 Å². The fourth-order valence-corrected chi connectivity index (χ4v) is 4.43. The van der Waals surface area contributed by atoms with Gasteiger partial charge >= 0.3 is 0 Å². The summed E-state index contributed by atoms with van der Waals surface area (Å²) in [5.74, 6) is 0.134. The molecule has 0 bridgehead atoms. The number of carbonyl (C=O) groups is 2. The zero-order chi connectivity index (χ0) is 15.8. The van der Waals surface area contributed by atoms with Crippen molar-refractivity contribution in [2.24, 2.45) is 11.8 Å². The Balaban J connectivity index is 1.54. The lowest BCUT2D eigenvalue weighted by molar-refractivity contribution is -0.139. The van der Waals surface area contributed by atoms with E-state index in [1.807, 2.05) is 4.90 Å². The number of hydrogen-bond acceptors (Lipinski definition) is 6. The number of piperidine rings is 1. The summed E-state index contributed by atoms with van der Waals surface area (Å²) in [6, 6.07) is 0. The minimum atomic E-state index is -0.148. The lowest BCUT2D eigenvalue weighted by atomic mass is 9.81. The van der Waals surface area contributed by atoms with Crippen LogP contribution in [0.15, 0.2) is 5.38 Å². The van der Waals surface area contributed by atoms with Gasteiger partial charge in [-0.1, -0.05) is 4.49 Å². The van der Waals surface area contributed by atoms with E-state index >= 15 is 0 Å². The molecular weight excluding hydrogens is 316 g/mol. The number of ether oxygens (including phenoxy) is 1. The molecule has 124 valence electrons. The fourth-order valence-electron chi connectivity index (χ4n) is 4.00. The second-order valence-corrected chi connectivity index (χ2v) is 7.11. The van der Waals surface area contributed by atoms with Gasteiger partial charge in [0.15, 0.2) is 5.69 Å². The molecule has 7 nitrogen and oxygen atoms in total. The van der Waals surface area contributed by atoms with Gasteiger partial charge in [0.25, 0.3) is 5.91 Å². The molecule has 0 N–H and O–H groups in total. The maximum absolute atomic E-state index is 12.9. The van der Waals surface area contributed by atoms with Gasteiger partial charge in [0.05, 0.1) is 12.0 Å². The van der Waals surface area contributed by atoms with E-state index in [-0.39, 0.29) is 29.8 Å². The van der Waals surface area contributed by atoms with Gasteiger partial charge in [-0.05, 0) is 30.8 Å². The number of nitrogens with zero attached hydrogens (tertiary/aromatic N) is 4. The van der Waals surface area contributed by atoms with Crippen LogP contribution >= 0.6 is 11.5 Å². The lowest BCUT2D eigenvalue weighted by Gasteiger charge is -2.40. The highest BCUT2D eigenvalue weighted by Crippen LogP contribution is 2.35. The van der Waals surface area contributed by atoms with Crippen molar-refractivity contribution in [1.29, 1.82) is 0 Å². The molecule has 0 aromatic carbocycles. The summed E-state index contributed by atoms with van der Waals surface area (Å²) >= 11 is 1.16. The van der Waals surface area contributed by atoms with Crippen LogP contribution in [-0.4, -0.2) is 70.1 Å². The Labute approximate surface area is 138 Å². The molecule has 4 rings (SSSR count). The monoisotopic (exact) mass is 336 g/mol. The molecule has 2 amide bonds. The first-order valence-corrected chi connectivity index (χ1v) is 9.04. The van der Waals surface area contributed by atoms with Gasteiger partial charge in [-0.2, -0.15) is 0 Å². The van der Waals surface area contributed by atoms with Gasteiger partial charge < -0.3 is 14.5 Å². The molecule has 8 heteroatoms. The summed E-state index contributed by atoms with van der Waals surface area (Å²) in [6.45, 7) is 3.38. The van der Waals surface area contributed by atoms with Crippen molar-refractivity contribution in [1.82, 2.24) is 19.4 Å². The molecule has 3 saturated heterocycles. The van der Waals surface area contributed by atoms with E-state index in [0.29, 0.717) is 25.4 Å². The van der Waals surface area contributed by atoms with Crippen molar-refractivity contribution >= 4 is 23.3 Å². The van der Waals surface area contributed by atoms with Gasteiger partial charge in [0.1, 0.15) is 0 Å². The maximum atomic E-state index is 12.9. The third-order valence-corrected chi connectivity index (χ3v) is 5.70. The Hall–Kier alpha value is -1.54. The molecule has 3 fully saturated rings. The van der Waals surface area contributed by atoms with Crippen molar-refractivity contribution in [3.63, 3.8) is 0 Å². The van der Waals surface area contributed by atoms with Crippen molar-refractivity contribution in [2.45, 2.75) is 25.4 Å². The third kappa shape index (κ3) is 2.74. The third-order valence-electron chi connectivity index (χ3n) is 5.20. The number of amides is 2. The summed E-state index contributed by atoms with van der Waals surface area (Å²) in [4.78, 5) is 29.2. The Kier molecular flexibility index (Phi) is 4.02. The SMILES string of the molecule is O=C(c1csnn1)N1C[C@H]2OCC[C@H]2[C@H](C(=O)N2CCCC2)C1. The molecule has 3 atom stereocenters. The van der Waals surface area contributed by atoms with Crippen LogP contribution < -0.4 is 0 Å². The second kappa shape index (κ2) is 6.16. The van der Waals surface area contributed by atoms with Crippen molar-refractivity contribution in [3.05, 3.63) is 11.1 Å². The van der Waals surface area contributed by atoms with Crippen LogP contribution in [0.2, 0.25) is 0 Å². The van der Waals surface area contributed by atoms with Crippen molar-refractivity contribution < 1.29 is 14.3 Å². The number of fused-ring (bicyclic) bond motifs is 1. The van der Waals surface area contributed by atoms with Crippen LogP contribution in [0.25, 0.3) is 0 Å². The predicted octanol–water partition coefficient (Wildman–Crippen LogP) is 0.638. The Bertz CT molecular complexity index is 588. The zero-order valence-corrected chi connectivity index (χ0v) is 13.7. The number of likely N-dealkylation sites (tertiary alicyclic amines) is 2.